The lowest BCUT2D eigenvalue weighted by Gasteiger charge is -2.23. The minimum Gasteiger partial charge on any atom is -0.455 e. The van der Waals surface area contributed by atoms with E-state index in [4.69, 9.17) is 27.9 Å². The van der Waals surface area contributed by atoms with Gasteiger partial charge in [0.25, 0.3) is 5.91 Å². The van der Waals surface area contributed by atoms with Gasteiger partial charge in [0.15, 0.2) is 6.61 Å². The fourth-order valence-corrected chi connectivity index (χ4v) is 4.03. The van der Waals surface area contributed by atoms with Crippen molar-refractivity contribution in [3.8, 4) is 0 Å². The van der Waals surface area contributed by atoms with Crippen LogP contribution in [0.25, 0.3) is 0 Å². The van der Waals surface area contributed by atoms with Gasteiger partial charge in [-0.2, -0.15) is 0 Å². The average Bonchev–Trinajstić information content (AvgIpc) is 3.15. The Hall–Kier alpha value is -2.57. The topological polar surface area (TPSA) is 75.7 Å². The number of anilines is 2. The highest BCUT2D eigenvalue weighted by Crippen LogP contribution is 2.33. The summed E-state index contributed by atoms with van der Waals surface area (Å²) in [7, 11) is 0. The van der Waals surface area contributed by atoms with Crippen LogP contribution in [0.2, 0.25) is 10.0 Å². The molecule has 0 saturated carbocycles. The number of benzene rings is 2. The van der Waals surface area contributed by atoms with E-state index in [0.717, 1.165) is 29.7 Å². The Morgan fingerprint density at radius 1 is 1.10 bits per heavy atom. The molecule has 8 heteroatoms. The summed E-state index contributed by atoms with van der Waals surface area (Å²) in [4.78, 5) is 39.0. The Kier molecular flexibility index (Phi) is 7.57. The lowest BCUT2D eigenvalue weighted by molar-refractivity contribution is -0.151. The molecule has 3 rings (SSSR count). The van der Waals surface area contributed by atoms with Gasteiger partial charge in [-0.25, -0.2) is 0 Å². The molecule has 2 aromatic carbocycles. The smallest absolute Gasteiger partial charge is 0.311 e. The Labute approximate surface area is 191 Å². The fourth-order valence-electron chi connectivity index (χ4n) is 3.68. The SMILES string of the molecule is CCc1cccc(CC)c1N1C[C@@H](C(=O)OCC(=O)Nc2cccc(Cl)c2Cl)CC1=O. The summed E-state index contributed by atoms with van der Waals surface area (Å²) in [5.74, 6) is -1.85. The van der Waals surface area contributed by atoms with Crippen LogP contribution in [-0.2, 0) is 32.0 Å². The molecular formula is C23H24Cl2N2O4. The first kappa shape index (κ1) is 23.1. The minimum absolute atomic E-state index is 0.0573. The molecule has 1 aliphatic rings. The van der Waals surface area contributed by atoms with E-state index < -0.39 is 24.4 Å². The molecule has 0 spiro atoms. The molecule has 6 nitrogen and oxygen atoms in total. The van der Waals surface area contributed by atoms with Crippen molar-refractivity contribution in [3.63, 3.8) is 0 Å². The summed E-state index contributed by atoms with van der Waals surface area (Å²) in [6, 6.07) is 10.8. The maximum absolute atomic E-state index is 12.7. The number of amides is 2. The van der Waals surface area contributed by atoms with Gasteiger partial charge in [0.1, 0.15) is 0 Å². The molecule has 1 saturated heterocycles. The van der Waals surface area contributed by atoms with Gasteiger partial charge in [0.2, 0.25) is 5.91 Å². The number of aryl methyl sites for hydroxylation is 2. The van der Waals surface area contributed by atoms with E-state index in [2.05, 4.69) is 5.32 Å². The highest BCUT2D eigenvalue weighted by Gasteiger charge is 2.37. The molecule has 0 aliphatic carbocycles. The number of halogens is 2. The number of hydrogen-bond donors (Lipinski definition) is 1. The third-order valence-electron chi connectivity index (χ3n) is 5.26. The summed E-state index contributed by atoms with van der Waals surface area (Å²) in [5.41, 5.74) is 3.36. The summed E-state index contributed by atoms with van der Waals surface area (Å²) < 4.78 is 5.17. The number of ether oxygens (including phenoxy) is 1. The van der Waals surface area contributed by atoms with E-state index in [1.807, 2.05) is 32.0 Å². The minimum atomic E-state index is -0.621. The first-order valence-electron chi connectivity index (χ1n) is 10.2. The van der Waals surface area contributed by atoms with Crippen molar-refractivity contribution in [3.05, 3.63) is 57.6 Å². The van der Waals surface area contributed by atoms with Gasteiger partial charge >= 0.3 is 5.97 Å². The average molecular weight is 463 g/mol. The number of nitrogens with zero attached hydrogens (tertiary/aromatic N) is 1. The lowest BCUT2D eigenvalue weighted by Crippen LogP contribution is -2.29. The van der Waals surface area contributed by atoms with Crippen molar-refractivity contribution >= 4 is 52.4 Å². The molecule has 0 bridgehead atoms. The molecule has 31 heavy (non-hydrogen) atoms. The second-order valence-corrected chi connectivity index (χ2v) is 8.08. The molecule has 164 valence electrons. The number of rotatable bonds is 7. The quantitative estimate of drug-likeness (QED) is 0.607. The lowest BCUT2D eigenvalue weighted by atomic mass is 10.0. The number of para-hydroxylation sites is 1. The van der Waals surface area contributed by atoms with Crippen molar-refractivity contribution in [2.45, 2.75) is 33.1 Å². The fraction of sp³-hybridized carbons (Fsp3) is 0.348. The second-order valence-electron chi connectivity index (χ2n) is 7.29. The van der Waals surface area contributed by atoms with Crippen LogP contribution in [0.3, 0.4) is 0 Å². The predicted molar refractivity (Wildman–Crippen MR) is 122 cm³/mol. The standard InChI is InChI=1S/C23H24Cl2N2O4/c1-3-14-7-5-8-15(4-2)22(14)27-12-16(11-20(27)29)23(30)31-13-19(28)26-18-10-6-9-17(24)21(18)25/h5-10,16H,3-4,11-13H2,1-2H3,(H,26,28)/t16-/m0/s1. The van der Waals surface area contributed by atoms with Crippen molar-refractivity contribution in [1.29, 1.82) is 0 Å². The van der Waals surface area contributed by atoms with E-state index in [-0.39, 0.29) is 23.9 Å². The molecular weight excluding hydrogens is 439 g/mol. The van der Waals surface area contributed by atoms with Gasteiger partial charge in [-0.3, -0.25) is 14.4 Å². The molecule has 2 aromatic rings. The Balaban J connectivity index is 1.62. The third kappa shape index (κ3) is 5.20. The molecule has 0 unspecified atom stereocenters. The predicted octanol–water partition coefficient (Wildman–Crippen LogP) is 4.65. The summed E-state index contributed by atoms with van der Waals surface area (Å²) in [6.07, 6.45) is 1.63. The van der Waals surface area contributed by atoms with Crippen molar-refractivity contribution < 1.29 is 19.1 Å². The highest BCUT2D eigenvalue weighted by molar-refractivity contribution is 6.44. The molecule has 1 atom stereocenters. The monoisotopic (exact) mass is 462 g/mol. The van der Waals surface area contributed by atoms with E-state index in [1.54, 1.807) is 23.1 Å². The van der Waals surface area contributed by atoms with Crippen LogP contribution >= 0.6 is 23.2 Å². The first-order valence-corrected chi connectivity index (χ1v) is 10.9. The molecule has 1 N–H and O–H groups in total. The Morgan fingerprint density at radius 2 is 1.74 bits per heavy atom. The van der Waals surface area contributed by atoms with Gasteiger partial charge in [-0.1, -0.05) is 61.3 Å². The molecule has 1 fully saturated rings. The van der Waals surface area contributed by atoms with Crippen LogP contribution in [0.15, 0.2) is 36.4 Å². The van der Waals surface area contributed by atoms with E-state index in [1.165, 1.54) is 0 Å². The van der Waals surface area contributed by atoms with Crippen molar-refractivity contribution in [2.75, 3.05) is 23.4 Å². The van der Waals surface area contributed by atoms with Crippen LogP contribution < -0.4 is 10.2 Å². The van der Waals surface area contributed by atoms with Crippen LogP contribution in [-0.4, -0.2) is 30.9 Å². The first-order chi connectivity index (χ1) is 14.8. The van der Waals surface area contributed by atoms with Gasteiger partial charge in [-0.15, -0.1) is 0 Å². The Morgan fingerprint density at radius 3 is 2.39 bits per heavy atom. The van der Waals surface area contributed by atoms with Crippen molar-refractivity contribution in [2.24, 2.45) is 5.92 Å². The Bertz CT molecular complexity index is 987. The third-order valence-corrected chi connectivity index (χ3v) is 6.08. The molecule has 0 radical (unpaired) electrons. The van der Waals surface area contributed by atoms with Crippen LogP contribution in [0.1, 0.15) is 31.4 Å². The zero-order valence-electron chi connectivity index (χ0n) is 17.4. The molecule has 0 aromatic heterocycles. The van der Waals surface area contributed by atoms with E-state index >= 15 is 0 Å². The molecule has 1 aliphatic heterocycles. The van der Waals surface area contributed by atoms with Gasteiger partial charge < -0.3 is 15.0 Å². The molecule has 1 heterocycles. The highest BCUT2D eigenvalue weighted by atomic mass is 35.5. The zero-order chi connectivity index (χ0) is 22.5. The van der Waals surface area contributed by atoms with E-state index in [9.17, 15) is 14.4 Å². The largest absolute Gasteiger partial charge is 0.455 e. The zero-order valence-corrected chi connectivity index (χ0v) is 18.9. The summed E-state index contributed by atoms with van der Waals surface area (Å²) in [5, 5.41) is 3.08. The summed E-state index contributed by atoms with van der Waals surface area (Å²) in [6.45, 7) is 3.84. The normalized spacial score (nSPS) is 15.8. The number of hydrogen-bond acceptors (Lipinski definition) is 4. The van der Waals surface area contributed by atoms with Crippen LogP contribution in [0.4, 0.5) is 11.4 Å². The number of carbonyl (C=O) groups excluding carboxylic acids is 3. The van der Waals surface area contributed by atoms with Gasteiger partial charge in [0.05, 0.1) is 21.7 Å². The molecule has 2 amide bonds. The maximum Gasteiger partial charge on any atom is 0.311 e. The van der Waals surface area contributed by atoms with Gasteiger partial charge in [-0.05, 0) is 36.1 Å². The maximum atomic E-state index is 12.7. The summed E-state index contributed by atoms with van der Waals surface area (Å²) >= 11 is 12.0. The number of carbonyl (C=O) groups is 3. The van der Waals surface area contributed by atoms with Crippen LogP contribution in [0, 0.1) is 5.92 Å². The second kappa shape index (κ2) is 10.2. The number of esters is 1. The number of nitrogens with one attached hydrogen (secondary N) is 1. The van der Waals surface area contributed by atoms with Crippen LogP contribution in [0.5, 0.6) is 0 Å². The van der Waals surface area contributed by atoms with E-state index in [0.29, 0.717) is 10.7 Å². The van der Waals surface area contributed by atoms with Gasteiger partial charge in [0, 0.05) is 18.7 Å². The van der Waals surface area contributed by atoms with Crippen molar-refractivity contribution in [1.82, 2.24) is 0 Å².